The van der Waals surface area contributed by atoms with E-state index < -0.39 is 33.7 Å². The first-order chi connectivity index (χ1) is 13.9. The topological polar surface area (TPSA) is 92.5 Å². The molecule has 4 unspecified atom stereocenters. The van der Waals surface area contributed by atoms with E-state index in [9.17, 15) is 26.4 Å². The quantitative estimate of drug-likeness (QED) is 0.672. The van der Waals surface area contributed by atoms with Gasteiger partial charge in [-0.3, -0.25) is 4.79 Å². The third-order valence-corrected chi connectivity index (χ3v) is 8.40. The van der Waals surface area contributed by atoms with E-state index in [1.165, 1.54) is 4.31 Å². The third kappa shape index (κ3) is 4.50. The van der Waals surface area contributed by atoms with Gasteiger partial charge in [-0.1, -0.05) is 20.3 Å². The number of hydrogen-bond donors (Lipinski definition) is 2. The number of benzene rings is 1. The Balaban J connectivity index is 1.73. The maximum absolute atomic E-state index is 13.0. The fraction of sp³-hybridized carbons (Fsp3) is 0.650. The van der Waals surface area contributed by atoms with Gasteiger partial charge in [0.05, 0.1) is 16.5 Å². The third-order valence-electron chi connectivity index (χ3n) is 6.56. The molecule has 1 saturated carbocycles. The van der Waals surface area contributed by atoms with Crippen molar-refractivity contribution in [1.82, 2.24) is 9.62 Å². The molecule has 30 heavy (non-hydrogen) atoms. The summed E-state index contributed by atoms with van der Waals surface area (Å²) < 4.78 is 65.6. The highest BCUT2D eigenvalue weighted by molar-refractivity contribution is 7.89. The number of sulfonamides is 1. The first kappa shape index (κ1) is 23.0. The highest BCUT2D eigenvalue weighted by atomic mass is 32.2. The summed E-state index contributed by atoms with van der Waals surface area (Å²) in [5.74, 6) is -0.160. The summed E-state index contributed by atoms with van der Waals surface area (Å²) in [4.78, 5) is 11.7. The Hall–Kier alpha value is -1.65. The van der Waals surface area contributed by atoms with Gasteiger partial charge in [0.15, 0.2) is 0 Å². The summed E-state index contributed by atoms with van der Waals surface area (Å²) in [5, 5.41) is 3.35. The van der Waals surface area contributed by atoms with Crippen LogP contribution in [0.5, 0.6) is 0 Å². The highest BCUT2D eigenvalue weighted by Crippen LogP contribution is 2.41. The van der Waals surface area contributed by atoms with Gasteiger partial charge in [0.2, 0.25) is 15.9 Å². The summed E-state index contributed by atoms with van der Waals surface area (Å²) in [6.07, 6.45) is -2.06. The van der Waals surface area contributed by atoms with Crippen LogP contribution in [0, 0.1) is 17.8 Å². The number of nitrogens with one attached hydrogen (secondary N) is 1. The summed E-state index contributed by atoms with van der Waals surface area (Å²) in [5.41, 5.74) is 4.67. The second-order valence-electron chi connectivity index (χ2n) is 8.38. The SMILES string of the molecule is CCC(C)[C@H](NC1CCC2CN(S(=O)(=O)c3ccc(C(F)(F)F)cc3)CC21)C(N)=O. The number of carbonyl (C=O) groups excluding carboxylic acids is 1. The minimum atomic E-state index is -4.52. The van der Waals surface area contributed by atoms with Gasteiger partial charge >= 0.3 is 6.18 Å². The van der Waals surface area contributed by atoms with Crippen LogP contribution in [0.25, 0.3) is 0 Å². The van der Waals surface area contributed by atoms with E-state index in [0.29, 0.717) is 6.54 Å². The molecule has 2 aliphatic rings. The zero-order chi connectivity index (χ0) is 22.3. The molecule has 1 saturated heterocycles. The lowest BCUT2D eigenvalue weighted by Gasteiger charge is -2.28. The van der Waals surface area contributed by atoms with Gasteiger partial charge in [-0.15, -0.1) is 0 Å². The fourth-order valence-corrected chi connectivity index (χ4v) is 6.12. The van der Waals surface area contributed by atoms with Crippen LogP contribution >= 0.6 is 0 Å². The predicted octanol–water partition coefficient (Wildman–Crippen LogP) is 2.59. The molecule has 1 aromatic carbocycles. The zero-order valence-electron chi connectivity index (χ0n) is 17.0. The van der Waals surface area contributed by atoms with Crippen LogP contribution in [-0.2, 0) is 21.0 Å². The number of halogens is 3. The minimum absolute atomic E-state index is 0.0192. The Morgan fingerprint density at radius 1 is 1.23 bits per heavy atom. The highest BCUT2D eigenvalue weighted by Gasteiger charge is 2.47. The van der Waals surface area contributed by atoms with Crippen molar-refractivity contribution >= 4 is 15.9 Å². The van der Waals surface area contributed by atoms with Crippen LogP contribution in [0.3, 0.4) is 0 Å². The Bertz CT molecular complexity index is 874. The molecule has 0 bridgehead atoms. The number of amides is 1. The van der Waals surface area contributed by atoms with Crippen LogP contribution in [-0.4, -0.2) is 43.8 Å². The van der Waals surface area contributed by atoms with E-state index in [1.54, 1.807) is 0 Å². The van der Waals surface area contributed by atoms with Crippen molar-refractivity contribution in [3.63, 3.8) is 0 Å². The lowest BCUT2D eigenvalue weighted by atomic mass is 9.93. The zero-order valence-corrected chi connectivity index (χ0v) is 17.8. The van der Waals surface area contributed by atoms with Crippen molar-refractivity contribution in [2.24, 2.45) is 23.5 Å². The number of nitrogens with zero attached hydrogens (tertiary/aromatic N) is 1. The molecule has 1 aliphatic carbocycles. The molecule has 0 aromatic heterocycles. The van der Waals surface area contributed by atoms with Gasteiger partial charge in [0.25, 0.3) is 0 Å². The van der Waals surface area contributed by atoms with Gasteiger partial charge in [0, 0.05) is 19.1 Å². The summed E-state index contributed by atoms with van der Waals surface area (Å²) >= 11 is 0. The van der Waals surface area contributed by atoms with Crippen LogP contribution < -0.4 is 11.1 Å². The lowest BCUT2D eigenvalue weighted by molar-refractivity contribution is -0.137. The fourth-order valence-electron chi connectivity index (χ4n) is 4.59. The molecule has 1 aromatic rings. The van der Waals surface area contributed by atoms with Crippen LogP contribution in [0.4, 0.5) is 13.2 Å². The lowest BCUT2D eigenvalue weighted by Crippen LogP contribution is -2.51. The Kier molecular flexibility index (Phi) is 6.50. The Morgan fingerprint density at radius 3 is 2.40 bits per heavy atom. The van der Waals surface area contributed by atoms with Crippen molar-refractivity contribution in [3.05, 3.63) is 29.8 Å². The molecule has 0 spiro atoms. The number of carbonyl (C=O) groups is 1. The van der Waals surface area contributed by atoms with Crippen molar-refractivity contribution in [3.8, 4) is 0 Å². The van der Waals surface area contributed by atoms with E-state index in [-0.39, 0.29) is 35.2 Å². The van der Waals surface area contributed by atoms with Crippen LogP contribution in [0.2, 0.25) is 0 Å². The Morgan fingerprint density at radius 2 is 1.87 bits per heavy atom. The molecule has 1 aliphatic heterocycles. The van der Waals surface area contributed by atoms with Crippen molar-refractivity contribution in [2.45, 2.75) is 56.3 Å². The number of hydrogen-bond acceptors (Lipinski definition) is 4. The van der Waals surface area contributed by atoms with Crippen LogP contribution in [0.1, 0.15) is 38.7 Å². The molecule has 1 amide bonds. The van der Waals surface area contributed by atoms with Crippen molar-refractivity contribution in [1.29, 1.82) is 0 Å². The molecule has 0 radical (unpaired) electrons. The summed E-state index contributed by atoms with van der Waals surface area (Å²) in [7, 11) is -3.89. The maximum atomic E-state index is 13.0. The van der Waals surface area contributed by atoms with Crippen LogP contribution in [0.15, 0.2) is 29.2 Å². The van der Waals surface area contributed by atoms with E-state index in [0.717, 1.165) is 43.5 Å². The van der Waals surface area contributed by atoms with Gasteiger partial charge < -0.3 is 11.1 Å². The van der Waals surface area contributed by atoms with E-state index in [1.807, 2.05) is 13.8 Å². The monoisotopic (exact) mass is 447 g/mol. The molecule has 3 rings (SSSR count). The first-order valence-electron chi connectivity index (χ1n) is 10.2. The number of nitrogens with two attached hydrogens (primary N) is 1. The molecule has 10 heteroatoms. The standard InChI is InChI=1S/C20H28F3N3O3S/c1-3-12(2)18(19(24)27)25-17-9-4-13-10-26(11-16(13)17)30(28,29)15-7-5-14(6-8-15)20(21,22)23/h5-8,12-13,16-18,25H,3-4,9-11H2,1-2H3,(H2,24,27)/t12?,13?,16?,17?,18-/m0/s1. The average Bonchev–Trinajstić information content (AvgIpc) is 3.26. The molecule has 1 heterocycles. The largest absolute Gasteiger partial charge is 0.416 e. The molecular formula is C20H28F3N3O3S. The number of alkyl halides is 3. The van der Waals surface area contributed by atoms with Gasteiger partial charge in [-0.25, -0.2) is 8.42 Å². The van der Waals surface area contributed by atoms with E-state index in [2.05, 4.69) is 5.32 Å². The molecule has 6 nitrogen and oxygen atoms in total. The normalized spacial score (nSPS) is 27.0. The second kappa shape index (κ2) is 8.47. The smallest absolute Gasteiger partial charge is 0.368 e. The van der Waals surface area contributed by atoms with Gasteiger partial charge in [-0.2, -0.15) is 17.5 Å². The predicted molar refractivity (Wildman–Crippen MR) is 106 cm³/mol. The number of fused-ring (bicyclic) bond motifs is 1. The maximum Gasteiger partial charge on any atom is 0.416 e. The number of primary amides is 1. The summed E-state index contributed by atoms with van der Waals surface area (Å²) in [6, 6.07) is 3.10. The van der Waals surface area contributed by atoms with E-state index in [4.69, 9.17) is 5.73 Å². The second-order valence-corrected chi connectivity index (χ2v) is 10.3. The molecule has 5 atom stereocenters. The van der Waals surface area contributed by atoms with E-state index >= 15 is 0 Å². The van der Waals surface area contributed by atoms with Crippen molar-refractivity contribution in [2.75, 3.05) is 13.1 Å². The molecule has 168 valence electrons. The van der Waals surface area contributed by atoms with Gasteiger partial charge in [0.1, 0.15) is 0 Å². The first-order valence-corrected chi connectivity index (χ1v) is 11.6. The molecule has 2 fully saturated rings. The van der Waals surface area contributed by atoms with Gasteiger partial charge in [-0.05, 0) is 54.9 Å². The van der Waals surface area contributed by atoms with Crippen molar-refractivity contribution < 1.29 is 26.4 Å². The molecule has 3 N–H and O–H groups in total. The average molecular weight is 448 g/mol. The number of rotatable bonds is 7. The Labute approximate surface area is 175 Å². The summed E-state index contributed by atoms with van der Waals surface area (Å²) in [6.45, 7) is 4.53. The molecular weight excluding hydrogens is 419 g/mol. The minimum Gasteiger partial charge on any atom is -0.368 e.